The predicted molar refractivity (Wildman–Crippen MR) is 143 cm³/mol. The molecule has 1 amide bonds. The third-order valence-electron chi connectivity index (χ3n) is 8.57. The normalized spacial score (nSPS) is 22.4. The van der Waals surface area contributed by atoms with Crippen molar-refractivity contribution in [1.29, 1.82) is 0 Å². The number of fused-ring (bicyclic) bond motifs is 5. The monoisotopic (exact) mass is 486 g/mol. The van der Waals surface area contributed by atoms with Gasteiger partial charge in [0.15, 0.2) is 0 Å². The van der Waals surface area contributed by atoms with Crippen molar-refractivity contribution in [2.45, 2.75) is 70.5 Å². The van der Waals surface area contributed by atoms with Crippen LogP contribution in [0.2, 0.25) is 0 Å². The van der Waals surface area contributed by atoms with Gasteiger partial charge < -0.3 is 14.0 Å². The minimum absolute atomic E-state index is 0.144. The molecule has 3 aromatic rings. The molecule has 0 unspecified atom stereocenters. The second-order valence-electron chi connectivity index (χ2n) is 11.2. The molecule has 3 aliphatic rings. The zero-order valence-electron chi connectivity index (χ0n) is 21.3. The van der Waals surface area contributed by atoms with Gasteiger partial charge in [0, 0.05) is 73.9 Å². The molecule has 36 heavy (non-hydrogen) atoms. The molecule has 0 spiro atoms. The molecular weight excluding hydrogens is 448 g/mol. The molecule has 0 radical (unpaired) electrons. The van der Waals surface area contributed by atoms with E-state index in [0.29, 0.717) is 24.2 Å². The number of hydrogen-bond donors (Lipinski definition) is 0. The summed E-state index contributed by atoms with van der Waals surface area (Å²) >= 11 is 0. The lowest BCUT2D eigenvalue weighted by Crippen LogP contribution is -2.47. The summed E-state index contributed by atoms with van der Waals surface area (Å²) in [6, 6.07) is 14.4. The van der Waals surface area contributed by atoms with Crippen LogP contribution in [0.3, 0.4) is 0 Å². The standard InChI is InChI=1S/C30H38N4O2/c35-29(32-15-5-1-2-6-16-32)13-7-9-24-21-33(28-11-4-3-10-26(24)28)22-31-18-23-17-25(20-31)27-12-8-14-30(36)34(27)19-23/h3-4,8,10-12,14,21,23,25H,1-2,5-7,9,13,15-20,22H2/t23-,25-/m1/s1. The molecule has 0 saturated carbocycles. The molecule has 0 N–H and O–H groups in total. The van der Waals surface area contributed by atoms with Crippen LogP contribution in [0.25, 0.3) is 10.9 Å². The molecule has 6 heteroatoms. The van der Waals surface area contributed by atoms with Crippen molar-refractivity contribution < 1.29 is 4.79 Å². The van der Waals surface area contributed by atoms with E-state index >= 15 is 0 Å². The van der Waals surface area contributed by atoms with Gasteiger partial charge in [-0.15, -0.1) is 0 Å². The van der Waals surface area contributed by atoms with Crippen LogP contribution in [-0.2, 0) is 24.4 Å². The number of likely N-dealkylation sites (tertiary alicyclic amines) is 2. The van der Waals surface area contributed by atoms with Crippen molar-refractivity contribution in [1.82, 2.24) is 18.9 Å². The number of carbonyl (C=O) groups is 1. The number of benzene rings is 1. The van der Waals surface area contributed by atoms with E-state index in [-0.39, 0.29) is 5.56 Å². The van der Waals surface area contributed by atoms with Crippen LogP contribution >= 0.6 is 0 Å². The van der Waals surface area contributed by atoms with Gasteiger partial charge in [-0.3, -0.25) is 14.5 Å². The summed E-state index contributed by atoms with van der Waals surface area (Å²) in [4.78, 5) is 29.8. The Bertz CT molecular complexity index is 1280. The van der Waals surface area contributed by atoms with E-state index in [0.717, 1.165) is 65.1 Å². The molecule has 6 rings (SSSR count). The SMILES string of the molecule is O=C(CCCc1cn(CN2C[C@H]3C[C@H](C2)c2cccc(=O)n2C3)c2ccccc12)N1CCCCCC1. The molecule has 0 aliphatic carbocycles. The Balaban J connectivity index is 1.14. The van der Waals surface area contributed by atoms with Crippen molar-refractivity contribution in [2.24, 2.45) is 5.92 Å². The quantitative estimate of drug-likeness (QED) is 0.512. The summed E-state index contributed by atoms with van der Waals surface area (Å²) in [6.45, 7) is 5.61. The van der Waals surface area contributed by atoms with Gasteiger partial charge in [-0.2, -0.15) is 0 Å². The van der Waals surface area contributed by atoms with Crippen molar-refractivity contribution in [2.75, 3.05) is 26.2 Å². The number of aryl methyl sites for hydroxylation is 1. The van der Waals surface area contributed by atoms with E-state index in [1.165, 1.54) is 41.4 Å². The number of aromatic nitrogens is 2. The number of nitrogens with zero attached hydrogens (tertiary/aromatic N) is 4. The average molecular weight is 487 g/mol. The summed E-state index contributed by atoms with van der Waals surface area (Å²) < 4.78 is 4.41. The number of carbonyl (C=O) groups excluding carboxylic acids is 1. The maximum Gasteiger partial charge on any atom is 0.250 e. The lowest BCUT2D eigenvalue weighted by Gasteiger charge is -2.42. The van der Waals surface area contributed by atoms with Crippen molar-refractivity contribution >= 4 is 16.8 Å². The van der Waals surface area contributed by atoms with Gasteiger partial charge in [0.25, 0.3) is 5.56 Å². The lowest BCUT2D eigenvalue weighted by molar-refractivity contribution is -0.131. The summed E-state index contributed by atoms with van der Waals surface area (Å²) in [7, 11) is 0. The van der Waals surface area contributed by atoms with E-state index in [1.54, 1.807) is 6.07 Å². The van der Waals surface area contributed by atoms with Gasteiger partial charge in [-0.05, 0) is 55.7 Å². The minimum Gasteiger partial charge on any atom is -0.343 e. The van der Waals surface area contributed by atoms with Gasteiger partial charge in [0.1, 0.15) is 0 Å². The molecule has 2 bridgehead atoms. The van der Waals surface area contributed by atoms with E-state index in [1.807, 2.05) is 10.6 Å². The number of piperidine rings is 1. The molecule has 2 atom stereocenters. The highest BCUT2D eigenvalue weighted by Gasteiger charge is 2.34. The van der Waals surface area contributed by atoms with Crippen molar-refractivity contribution in [3.63, 3.8) is 0 Å². The molecular formula is C30H38N4O2. The lowest BCUT2D eigenvalue weighted by atomic mass is 9.83. The zero-order chi connectivity index (χ0) is 24.5. The van der Waals surface area contributed by atoms with Crippen molar-refractivity contribution in [3.05, 3.63) is 70.3 Å². The molecule has 5 heterocycles. The van der Waals surface area contributed by atoms with E-state index in [9.17, 15) is 9.59 Å². The second-order valence-corrected chi connectivity index (χ2v) is 11.2. The van der Waals surface area contributed by atoms with Crippen LogP contribution in [-0.4, -0.2) is 51.0 Å². The highest BCUT2D eigenvalue weighted by Crippen LogP contribution is 2.35. The first kappa shape index (κ1) is 23.5. The average Bonchev–Trinajstić information content (AvgIpc) is 3.04. The van der Waals surface area contributed by atoms with Gasteiger partial charge in [0.2, 0.25) is 5.91 Å². The Morgan fingerprint density at radius 3 is 2.61 bits per heavy atom. The fraction of sp³-hybridized carbons (Fsp3) is 0.533. The summed E-state index contributed by atoms with van der Waals surface area (Å²) in [5.41, 5.74) is 3.98. The van der Waals surface area contributed by atoms with Crippen LogP contribution < -0.4 is 5.56 Å². The number of para-hydroxylation sites is 1. The Labute approximate surface area is 213 Å². The Kier molecular flexibility index (Phi) is 6.70. The maximum absolute atomic E-state index is 12.8. The first-order valence-electron chi connectivity index (χ1n) is 13.9. The molecule has 190 valence electrons. The molecule has 1 aromatic carbocycles. The van der Waals surface area contributed by atoms with E-state index in [4.69, 9.17) is 0 Å². The van der Waals surface area contributed by atoms with Gasteiger partial charge in [-0.1, -0.05) is 37.1 Å². The van der Waals surface area contributed by atoms with E-state index in [2.05, 4.69) is 50.9 Å². The van der Waals surface area contributed by atoms with Crippen LogP contribution in [0.5, 0.6) is 0 Å². The zero-order valence-corrected chi connectivity index (χ0v) is 21.3. The van der Waals surface area contributed by atoms with Crippen LogP contribution in [0.15, 0.2) is 53.5 Å². The Morgan fingerprint density at radius 1 is 0.917 bits per heavy atom. The first-order chi connectivity index (χ1) is 17.7. The van der Waals surface area contributed by atoms with Crippen molar-refractivity contribution in [3.8, 4) is 0 Å². The van der Waals surface area contributed by atoms with Crippen LogP contribution in [0.1, 0.15) is 62.1 Å². The summed E-state index contributed by atoms with van der Waals surface area (Å²) in [6.07, 6.45) is 10.8. The Morgan fingerprint density at radius 2 is 1.75 bits per heavy atom. The topological polar surface area (TPSA) is 50.5 Å². The van der Waals surface area contributed by atoms with Gasteiger partial charge in [-0.25, -0.2) is 0 Å². The third-order valence-corrected chi connectivity index (χ3v) is 8.57. The largest absolute Gasteiger partial charge is 0.343 e. The fourth-order valence-electron chi connectivity index (χ4n) is 6.87. The number of hydrogen-bond acceptors (Lipinski definition) is 3. The summed E-state index contributed by atoms with van der Waals surface area (Å²) in [5.74, 6) is 1.29. The smallest absolute Gasteiger partial charge is 0.250 e. The number of pyridine rings is 1. The van der Waals surface area contributed by atoms with Gasteiger partial charge in [0.05, 0.1) is 6.67 Å². The summed E-state index contributed by atoms with van der Waals surface area (Å²) in [5, 5.41) is 1.31. The molecule has 2 aromatic heterocycles. The minimum atomic E-state index is 0.144. The molecule has 6 nitrogen and oxygen atoms in total. The number of rotatable bonds is 6. The molecule has 3 aliphatic heterocycles. The Hall–Kier alpha value is -2.86. The highest BCUT2D eigenvalue weighted by atomic mass is 16.2. The highest BCUT2D eigenvalue weighted by molar-refractivity contribution is 5.84. The maximum atomic E-state index is 12.8. The first-order valence-corrected chi connectivity index (χ1v) is 13.9. The molecule has 2 fully saturated rings. The van der Waals surface area contributed by atoms with Crippen LogP contribution in [0.4, 0.5) is 0 Å². The fourth-order valence-corrected chi connectivity index (χ4v) is 6.87. The second kappa shape index (κ2) is 10.3. The van der Waals surface area contributed by atoms with E-state index < -0.39 is 0 Å². The number of amides is 1. The third kappa shape index (κ3) is 4.75. The predicted octanol–water partition coefficient (Wildman–Crippen LogP) is 4.61. The molecule has 2 saturated heterocycles. The van der Waals surface area contributed by atoms with Gasteiger partial charge >= 0.3 is 0 Å². The van der Waals surface area contributed by atoms with Crippen LogP contribution in [0, 0.1) is 5.92 Å².